The van der Waals surface area contributed by atoms with Crippen LogP contribution in [0.3, 0.4) is 0 Å². The summed E-state index contributed by atoms with van der Waals surface area (Å²) in [6.07, 6.45) is 5.92. The molecule has 0 bridgehead atoms. The molecular weight excluding hydrogens is 226 g/mol. The molecule has 3 aromatic rings. The Bertz CT molecular complexity index is 724. The van der Waals surface area contributed by atoms with Crippen LogP contribution in [0.5, 0.6) is 0 Å². The summed E-state index contributed by atoms with van der Waals surface area (Å²) in [6, 6.07) is 9.52. The van der Waals surface area contributed by atoms with Gasteiger partial charge in [-0.05, 0) is 29.8 Å². The Morgan fingerprint density at radius 1 is 1.11 bits per heavy atom. The zero-order valence-electron chi connectivity index (χ0n) is 9.48. The minimum Gasteiger partial charge on any atom is -0.285 e. The number of nitrogens with zero attached hydrogens (tertiary/aromatic N) is 5. The summed E-state index contributed by atoms with van der Waals surface area (Å²) in [7, 11) is 0. The van der Waals surface area contributed by atoms with E-state index in [1.54, 1.807) is 30.7 Å². The van der Waals surface area contributed by atoms with E-state index in [2.05, 4.69) is 21.3 Å². The molecule has 0 aliphatic heterocycles. The second-order valence-corrected chi connectivity index (χ2v) is 3.91. The first kappa shape index (κ1) is 10.4. The van der Waals surface area contributed by atoms with Crippen molar-refractivity contribution in [3.8, 4) is 6.07 Å². The van der Waals surface area contributed by atoms with Crippen molar-refractivity contribution in [2.75, 3.05) is 0 Å². The fourth-order valence-corrected chi connectivity index (χ4v) is 1.81. The molecule has 0 amide bonds. The lowest BCUT2D eigenvalue weighted by Crippen LogP contribution is -1.97. The molecule has 0 saturated heterocycles. The fraction of sp³-hybridized carbons (Fsp3) is 0.0769. The molecule has 3 heterocycles. The molecular formula is C13H9N5. The van der Waals surface area contributed by atoms with Gasteiger partial charge < -0.3 is 0 Å². The number of hydrogen-bond acceptors (Lipinski definition) is 4. The zero-order valence-corrected chi connectivity index (χ0v) is 9.48. The van der Waals surface area contributed by atoms with Gasteiger partial charge in [0.2, 0.25) is 0 Å². The maximum Gasteiger partial charge on any atom is 0.160 e. The molecule has 3 aromatic heterocycles. The molecule has 86 valence electrons. The Hall–Kier alpha value is -2.74. The molecule has 0 saturated carbocycles. The highest BCUT2D eigenvalue weighted by atomic mass is 15.2. The highest BCUT2D eigenvalue weighted by Crippen LogP contribution is 2.10. The summed E-state index contributed by atoms with van der Waals surface area (Å²) < 4.78 is 1.85. The van der Waals surface area contributed by atoms with Crippen LogP contribution in [0.25, 0.3) is 5.65 Å². The first-order valence-corrected chi connectivity index (χ1v) is 5.49. The van der Waals surface area contributed by atoms with Crippen molar-refractivity contribution < 1.29 is 0 Å². The maximum absolute atomic E-state index is 8.90. The number of aromatic nitrogens is 4. The van der Waals surface area contributed by atoms with Gasteiger partial charge in [-0.25, -0.2) is 0 Å². The molecule has 0 aliphatic carbocycles. The van der Waals surface area contributed by atoms with E-state index in [1.165, 1.54) is 0 Å². The topological polar surface area (TPSA) is 66.9 Å². The van der Waals surface area contributed by atoms with Gasteiger partial charge in [0, 0.05) is 25.0 Å². The lowest BCUT2D eigenvalue weighted by atomic mass is 10.2. The predicted molar refractivity (Wildman–Crippen MR) is 64.7 cm³/mol. The normalized spacial score (nSPS) is 10.4. The molecule has 0 spiro atoms. The van der Waals surface area contributed by atoms with Gasteiger partial charge in [0.1, 0.15) is 11.9 Å². The van der Waals surface area contributed by atoms with E-state index in [4.69, 9.17) is 5.26 Å². The second-order valence-electron chi connectivity index (χ2n) is 3.91. The van der Waals surface area contributed by atoms with Gasteiger partial charge >= 0.3 is 0 Å². The van der Waals surface area contributed by atoms with Gasteiger partial charge in [0.25, 0.3) is 0 Å². The molecule has 0 aliphatic rings. The molecule has 0 unspecified atom stereocenters. The van der Waals surface area contributed by atoms with Gasteiger partial charge in [-0.3, -0.25) is 9.38 Å². The van der Waals surface area contributed by atoms with E-state index in [0.29, 0.717) is 12.0 Å². The number of fused-ring (bicyclic) bond motifs is 1. The van der Waals surface area contributed by atoms with Crippen LogP contribution in [0.1, 0.15) is 17.0 Å². The minimum atomic E-state index is 0.596. The van der Waals surface area contributed by atoms with Crippen LogP contribution in [0, 0.1) is 11.3 Å². The van der Waals surface area contributed by atoms with Gasteiger partial charge in [-0.15, -0.1) is 10.2 Å². The van der Waals surface area contributed by atoms with Crippen molar-refractivity contribution in [3.63, 3.8) is 0 Å². The van der Waals surface area contributed by atoms with Crippen LogP contribution in [0.2, 0.25) is 0 Å². The Kier molecular flexibility index (Phi) is 2.47. The average Bonchev–Trinajstić information content (AvgIpc) is 2.82. The summed E-state index contributed by atoms with van der Waals surface area (Å²) in [6.45, 7) is 0. The lowest BCUT2D eigenvalue weighted by Gasteiger charge is -2.00. The SMILES string of the molecule is N#Cc1ccc2nnc(Cc3ccncc3)n2c1. The van der Waals surface area contributed by atoms with Gasteiger partial charge in [0.15, 0.2) is 5.65 Å². The second kappa shape index (κ2) is 4.26. The Balaban J connectivity index is 2.05. The number of hydrogen-bond donors (Lipinski definition) is 0. The number of pyridine rings is 2. The van der Waals surface area contributed by atoms with Crippen molar-refractivity contribution in [1.29, 1.82) is 5.26 Å². The van der Waals surface area contributed by atoms with Crippen LogP contribution in [-0.2, 0) is 6.42 Å². The van der Waals surface area contributed by atoms with Gasteiger partial charge in [-0.1, -0.05) is 0 Å². The van der Waals surface area contributed by atoms with E-state index >= 15 is 0 Å². The van der Waals surface area contributed by atoms with Crippen molar-refractivity contribution in [3.05, 3.63) is 59.8 Å². The van der Waals surface area contributed by atoms with E-state index in [9.17, 15) is 0 Å². The average molecular weight is 235 g/mol. The summed E-state index contributed by atoms with van der Waals surface area (Å²) in [4.78, 5) is 3.98. The van der Waals surface area contributed by atoms with Crippen molar-refractivity contribution in [2.45, 2.75) is 6.42 Å². The van der Waals surface area contributed by atoms with Crippen LogP contribution in [0.15, 0.2) is 42.9 Å². The molecule has 0 N–H and O–H groups in total. The predicted octanol–water partition coefficient (Wildman–Crippen LogP) is 1.59. The van der Waals surface area contributed by atoms with E-state index in [-0.39, 0.29) is 0 Å². The lowest BCUT2D eigenvalue weighted by molar-refractivity contribution is 0.931. The molecule has 0 radical (unpaired) electrons. The molecule has 18 heavy (non-hydrogen) atoms. The molecule has 5 nitrogen and oxygen atoms in total. The smallest absolute Gasteiger partial charge is 0.160 e. The first-order valence-electron chi connectivity index (χ1n) is 5.49. The minimum absolute atomic E-state index is 0.596. The molecule has 3 rings (SSSR count). The van der Waals surface area contributed by atoms with Crippen LogP contribution >= 0.6 is 0 Å². The number of nitriles is 1. The highest BCUT2D eigenvalue weighted by Gasteiger charge is 2.06. The standard InChI is InChI=1S/C13H9N5/c14-8-11-1-2-12-16-17-13(18(12)9-11)7-10-3-5-15-6-4-10/h1-6,9H,7H2. The van der Waals surface area contributed by atoms with Crippen molar-refractivity contribution >= 4 is 5.65 Å². The van der Waals surface area contributed by atoms with E-state index < -0.39 is 0 Å². The Labute approximate surface area is 103 Å². The van der Waals surface area contributed by atoms with Crippen LogP contribution in [0.4, 0.5) is 0 Å². The van der Waals surface area contributed by atoms with E-state index in [0.717, 1.165) is 17.0 Å². The Morgan fingerprint density at radius 2 is 1.94 bits per heavy atom. The zero-order chi connectivity index (χ0) is 12.4. The quantitative estimate of drug-likeness (QED) is 0.676. The maximum atomic E-state index is 8.90. The van der Waals surface area contributed by atoms with Gasteiger partial charge in [-0.2, -0.15) is 5.26 Å². The third-order valence-electron chi connectivity index (χ3n) is 2.71. The summed E-state index contributed by atoms with van der Waals surface area (Å²) in [5.41, 5.74) is 2.46. The van der Waals surface area contributed by atoms with Crippen LogP contribution < -0.4 is 0 Å². The summed E-state index contributed by atoms with van der Waals surface area (Å²) in [5, 5.41) is 17.1. The third-order valence-corrected chi connectivity index (χ3v) is 2.71. The Morgan fingerprint density at radius 3 is 2.72 bits per heavy atom. The van der Waals surface area contributed by atoms with Crippen molar-refractivity contribution in [1.82, 2.24) is 19.6 Å². The third kappa shape index (κ3) is 1.80. The molecule has 0 atom stereocenters. The molecule has 5 heteroatoms. The van der Waals surface area contributed by atoms with Gasteiger partial charge in [0.05, 0.1) is 5.56 Å². The molecule has 0 fully saturated rings. The van der Waals surface area contributed by atoms with Crippen LogP contribution in [-0.4, -0.2) is 19.6 Å². The molecule has 0 aromatic carbocycles. The summed E-state index contributed by atoms with van der Waals surface area (Å²) >= 11 is 0. The number of rotatable bonds is 2. The fourth-order valence-electron chi connectivity index (χ4n) is 1.81. The summed E-state index contributed by atoms with van der Waals surface area (Å²) in [5.74, 6) is 0.813. The first-order chi connectivity index (χ1) is 8.86. The van der Waals surface area contributed by atoms with Crippen molar-refractivity contribution in [2.24, 2.45) is 0 Å². The van der Waals surface area contributed by atoms with E-state index in [1.807, 2.05) is 16.5 Å². The largest absolute Gasteiger partial charge is 0.285 e. The highest BCUT2D eigenvalue weighted by molar-refractivity contribution is 5.43. The monoisotopic (exact) mass is 235 g/mol.